The zero-order chi connectivity index (χ0) is 20.2. The molecule has 5 nitrogen and oxygen atoms in total. The van der Waals surface area contributed by atoms with Crippen molar-refractivity contribution in [1.29, 1.82) is 0 Å². The Labute approximate surface area is 170 Å². The molecule has 0 aliphatic heterocycles. The van der Waals surface area contributed by atoms with Crippen molar-refractivity contribution in [1.82, 2.24) is 0 Å². The Kier molecular flexibility index (Phi) is 9.35. The van der Waals surface area contributed by atoms with Gasteiger partial charge in [0.15, 0.2) is 0 Å². The van der Waals surface area contributed by atoms with Crippen molar-refractivity contribution >= 4 is 23.5 Å². The van der Waals surface area contributed by atoms with Crippen LogP contribution in [0.5, 0.6) is 5.75 Å². The van der Waals surface area contributed by atoms with Crippen LogP contribution < -0.4 is 4.74 Å². The van der Waals surface area contributed by atoms with Gasteiger partial charge in [-0.25, -0.2) is 4.79 Å². The Bertz CT molecular complexity index is 741. The molecule has 2 aromatic carbocycles. The molecule has 0 spiro atoms. The van der Waals surface area contributed by atoms with Gasteiger partial charge in [0.1, 0.15) is 5.75 Å². The monoisotopic (exact) mass is 404 g/mol. The smallest absolute Gasteiger partial charge is 0.335 e. The molecular formula is C22H25ClO5. The first-order chi connectivity index (χ1) is 13.6. The summed E-state index contributed by atoms with van der Waals surface area (Å²) in [7, 11) is 0. The molecule has 1 N–H and O–H groups in total. The van der Waals surface area contributed by atoms with Crippen LogP contribution in [0.3, 0.4) is 0 Å². The molecule has 2 aromatic rings. The van der Waals surface area contributed by atoms with E-state index in [1.807, 2.05) is 24.3 Å². The molecule has 0 saturated carbocycles. The number of carbonyl (C=O) groups is 2. The minimum atomic E-state index is -0.928. The largest absolute Gasteiger partial charge is 0.494 e. The topological polar surface area (TPSA) is 72.8 Å². The molecule has 2 rings (SSSR count). The fourth-order valence-corrected chi connectivity index (χ4v) is 2.79. The number of ether oxygens (including phenoxy) is 2. The first-order valence-corrected chi connectivity index (χ1v) is 9.92. The molecule has 0 heterocycles. The van der Waals surface area contributed by atoms with E-state index in [9.17, 15) is 9.59 Å². The van der Waals surface area contributed by atoms with E-state index in [-0.39, 0.29) is 18.0 Å². The summed E-state index contributed by atoms with van der Waals surface area (Å²) in [6.07, 6.45) is 4.06. The highest BCUT2D eigenvalue weighted by molar-refractivity contribution is 6.18. The van der Waals surface area contributed by atoms with Crippen LogP contribution in [0.1, 0.15) is 42.5 Å². The molecule has 0 unspecified atom stereocenters. The molecule has 0 aliphatic rings. The molecule has 0 aromatic heterocycles. The number of carboxylic acid groups (broad SMARTS) is 1. The van der Waals surface area contributed by atoms with Crippen molar-refractivity contribution in [3.8, 4) is 16.9 Å². The first kappa shape index (κ1) is 21.8. The van der Waals surface area contributed by atoms with Crippen molar-refractivity contribution in [2.45, 2.75) is 32.1 Å². The van der Waals surface area contributed by atoms with Gasteiger partial charge in [0.2, 0.25) is 0 Å². The maximum absolute atomic E-state index is 11.1. The molecule has 0 saturated heterocycles. The molecule has 0 atom stereocenters. The Morgan fingerprint density at radius 2 is 1.39 bits per heavy atom. The van der Waals surface area contributed by atoms with Gasteiger partial charge in [-0.1, -0.05) is 24.3 Å². The van der Waals surface area contributed by atoms with E-state index in [0.29, 0.717) is 19.1 Å². The summed E-state index contributed by atoms with van der Waals surface area (Å²) in [5.41, 5.74) is 2.24. The zero-order valence-electron chi connectivity index (χ0n) is 15.7. The standard InChI is InChI=1S/C22H25ClO5/c23-14-13-21(24)28-16-4-2-1-3-15-27-20-11-9-18(10-12-20)17-5-7-19(8-6-17)22(25)26/h5-12H,1-4,13-16H2,(H,25,26). The predicted molar refractivity (Wildman–Crippen MR) is 109 cm³/mol. The van der Waals surface area contributed by atoms with E-state index in [1.165, 1.54) is 0 Å². The van der Waals surface area contributed by atoms with Crippen LogP contribution in [0.4, 0.5) is 0 Å². The number of carboxylic acids is 1. The fourth-order valence-electron chi connectivity index (χ4n) is 2.63. The van der Waals surface area contributed by atoms with Crippen LogP contribution in [0, 0.1) is 0 Å². The molecule has 0 fully saturated rings. The molecule has 0 radical (unpaired) electrons. The number of hydrogen-bond acceptors (Lipinski definition) is 4. The molecule has 150 valence electrons. The van der Waals surface area contributed by atoms with E-state index in [4.69, 9.17) is 26.2 Å². The third-order valence-corrected chi connectivity index (χ3v) is 4.38. The maximum atomic E-state index is 11.1. The number of rotatable bonds is 12. The number of aromatic carboxylic acids is 1. The van der Waals surface area contributed by atoms with Gasteiger partial charge in [0.25, 0.3) is 0 Å². The summed E-state index contributed by atoms with van der Waals surface area (Å²) in [5.74, 6) is -0.0584. The average molecular weight is 405 g/mol. The lowest BCUT2D eigenvalue weighted by Gasteiger charge is -2.08. The molecule has 0 aliphatic carbocycles. The van der Waals surface area contributed by atoms with Gasteiger partial charge in [0, 0.05) is 5.88 Å². The minimum Gasteiger partial charge on any atom is -0.494 e. The van der Waals surface area contributed by atoms with Gasteiger partial charge in [0.05, 0.1) is 25.2 Å². The number of alkyl halides is 1. The number of esters is 1. The lowest BCUT2D eigenvalue weighted by atomic mass is 10.0. The Morgan fingerprint density at radius 1 is 0.821 bits per heavy atom. The summed E-state index contributed by atoms with van der Waals surface area (Å²) in [6, 6.07) is 14.5. The van der Waals surface area contributed by atoms with Gasteiger partial charge < -0.3 is 14.6 Å². The lowest BCUT2D eigenvalue weighted by Crippen LogP contribution is -2.06. The number of unbranched alkanes of at least 4 members (excludes halogenated alkanes) is 3. The van der Waals surface area contributed by atoms with Crippen molar-refractivity contribution in [2.75, 3.05) is 19.1 Å². The number of benzene rings is 2. The summed E-state index contributed by atoms with van der Waals surface area (Å²) < 4.78 is 10.8. The molecule has 0 bridgehead atoms. The maximum Gasteiger partial charge on any atom is 0.335 e. The van der Waals surface area contributed by atoms with Crippen LogP contribution in [-0.2, 0) is 9.53 Å². The second-order valence-electron chi connectivity index (χ2n) is 6.33. The van der Waals surface area contributed by atoms with Gasteiger partial charge >= 0.3 is 11.9 Å². The van der Waals surface area contributed by atoms with Crippen molar-refractivity contribution in [3.05, 3.63) is 54.1 Å². The van der Waals surface area contributed by atoms with E-state index in [2.05, 4.69) is 0 Å². The van der Waals surface area contributed by atoms with Crippen LogP contribution in [0.2, 0.25) is 0 Å². The molecule has 6 heteroatoms. The van der Waals surface area contributed by atoms with E-state index >= 15 is 0 Å². The van der Waals surface area contributed by atoms with Gasteiger partial charge in [-0.3, -0.25) is 4.79 Å². The highest BCUT2D eigenvalue weighted by atomic mass is 35.5. The van der Waals surface area contributed by atoms with Gasteiger partial charge in [-0.05, 0) is 61.1 Å². The summed E-state index contributed by atoms with van der Waals surface area (Å²) in [4.78, 5) is 22.0. The Hall–Kier alpha value is -2.53. The number of hydrogen-bond donors (Lipinski definition) is 1. The highest BCUT2D eigenvalue weighted by Gasteiger charge is 2.04. The van der Waals surface area contributed by atoms with Crippen molar-refractivity contribution in [3.63, 3.8) is 0 Å². The average Bonchev–Trinajstić information content (AvgIpc) is 2.71. The van der Waals surface area contributed by atoms with Crippen molar-refractivity contribution < 1.29 is 24.2 Å². The SMILES string of the molecule is O=C(CCCl)OCCCCCCOc1ccc(-c2ccc(C(=O)O)cc2)cc1. The summed E-state index contributed by atoms with van der Waals surface area (Å²) in [6.45, 7) is 1.09. The summed E-state index contributed by atoms with van der Waals surface area (Å²) >= 11 is 5.47. The van der Waals surface area contributed by atoms with Gasteiger partial charge in [-0.15, -0.1) is 11.6 Å². The lowest BCUT2D eigenvalue weighted by molar-refractivity contribution is -0.143. The molecule has 28 heavy (non-hydrogen) atoms. The fraction of sp³-hybridized carbons (Fsp3) is 0.364. The normalized spacial score (nSPS) is 10.5. The molecular weight excluding hydrogens is 380 g/mol. The first-order valence-electron chi connectivity index (χ1n) is 9.38. The predicted octanol–water partition coefficient (Wildman–Crippen LogP) is 5.16. The number of halogens is 1. The number of carbonyl (C=O) groups excluding carboxylic acids is 1. The highest BCUT2D eigenvalue weighted by Crippen LogP contribution is 2.23. The quantitative estimate of drug-likeness (QED) is 0.300. The second kappa shape index (κ2) is 12.0. The third kappa shape index (κ3) is 7.61. The minimum absolute atomic E-state index is 0.236. The zero-order valence-corrected chi connectivity index (χ0v) is 16.5. The third-order valence-electron chi connectivity index (χ3n) is 4.19. The van der Waals surface area contributed by atoms with E-state index < -0.39 is 5.97 Å². The van der Waals surface area contributed by atoms with Gasteiger partial charge in [-0.2, -0.15) is 0 Å². The Balaban J connectivity index is 1.63. The van der Waals surface area contributed by atoms with Crippen LogP contribution in [0.25, 0.3) is 11.1 Å². The van der Waals surface area contributed by atoms with Crippen LogP contribution in [0.15, 0.2) is 48.5 Å². The van der Waals surface area contributed by atoms with E-state index in [0.717, 1.165) is 42.6 Å². The van der Waals surface area contributed by atoms with E-state index in [1.54, 1.807) is 24.3 Å². The van der Waals surface area contributed by atoms with Crippen LogP contribution in [-0.4, -0.2) is 36.1 Å². The molecule has 0 amide bonds. The Morgan fingerprint density at radius 3 is 1.96 bits per heavy atom. The van der Waals surface area contributed by atoms with Crippen molar-refractivity contribution in [2.24, 2.45) is 0 Å². The van der Waals surface area contributed by atoms with Crippen LogP contribution >= 0.6 is 11.6 Å². The second-order valence-corrected chi connectivity index (χ2v) is 6.71. The summed E-state index contributed by atoms with van der Waals surface area (Å²) in [5, 5.41) is 8.95.